The number of rotatable bonds is 1. The number of alkyl halides is 1. The van der Waals surface area contributed by atoms with Crippen LogP contribution in [0.1, 0.15) is 38.5 Å². The molecule has 2 aliphatic carbocycles. The third-order valence-electron chi connectivity index (χ3n) is 4.79. The van der Waals surface area contributed by atoms with Crippen LogP contribution in [-0.4, -0.2) is 29.3 Å². The highest BCUT2D eigenvalue weighted by Crippen LogP contribution is 2.49. The Balaban J connectivity index is 1.61. The predicted molar refractivity (Wildman–Crippen MR) is 64.4 cm³/mol. The number of hydrogen-bond donors (Lipinski definition) is 0. The molecule has 2 nitrogen and oxygen atoms in total. The van der Waals surface area contributed by atoms with Gasteiger partial charge in [-0.15, -0.1) is 11.6 Å². The van der Waals surface area contributed by atoms with Crippen molar-refractivity contribution in [3.8, 4) is 0 Å². The van der Waals surface area contributed by atoms with Gasteiger partial charge >= 0.3 is 0 Å². The number of likely N-dealkylation sites (tertiary alicyclic amines) is 1. The van der Waals surface area contributed by atoms with Crippen LogP contribution < -0.4 is 0 Å². The minimum Gasteiger partial charge on any atom is -0.342 e. The van der Waals surface area contributed by atoms with Crippen LogP contribution in [0.25, 0.3) is 0 Å². The van der Waals surface area contributed by atoms with Gasteiger partial charge in [0.2, 0.25) is 5.91 Å². The second-order valence-corrected chi connectivity index (χ2v) is 6.40. The molecule has 0 aromatic rings. The lowest BCUT2D eigenvalue weighted by Crippen LogP contribution is -2.43. The molecular formula is C13H20ClNO. The van der Waals surface area contributed by atoms with Gasteiger partial charge in [0.05, 0.1) is 0 Å². The van der Waals surface area contributed by atoms with Crippen LogP contribution >= 0.6 is 11.6 Å². The van der Waals surface area contributed by atoms with Gasteiger partial charge in [0, 0.05) is 24.4 Å². The van der Waals surface area contributed by atoms with Crippen molar-refractivity contribution in [2.75, 3.05) is 13.1 Å². The first-order chi connectivity index (χ1) is 7.74. The molecule has 3 heteroatoms. The number of carbonyl (C=O) groups excluding carboxylic acids is 1. The molecular weight excluding hydrogens is 222 g/mol. The van der Waals surface area contributed by atoms with E-state index in [0.717, 1.165) is 31.8 Å². The molecule has 0 aromatic heterocycles. The molecule has 16 heavy (non-hydrogen) atoms. The Bertz CT molecular complexity index is 286. The number of carbonyl (C=O) groups is 1. The zero-order chi connectivity index (χ0) is 11.1. The van der Waals surface area contributed by atoms with Crippen LogP contribution in [-0.2, 0) is 4.79 Å². The molecule has 3 fully saturated rings. The van der Waals surface area contributed by atoms with Gasteiger partial charge in [-0.05, 0) is 43.9 Å². The first-order valence-corrected chi connectivity index (χ1v) is 7.10. The average Bonchev–Trinajstić information content (AvgIpc) is 2.91. The molecule has 2 bridgehead atoms. The van der Waals surface area contributed by atoms with E-state index in [9.17, 15) is 4.79 Å². The van der Waals surface area contributed by atoms with Crippen LogP contribution in [0.4, 0.5) is 0 Å². The number of halogens is 1. The fourth-order valence-electron chi connectivity index (χ4n) is 3.85. The summed E-state index contributed by atoms with van der Waals surface area (Å²) >= 11 is 6.07. The molecule has 3 rings (SSSR count). The Morgan fingerprint density at radius 3 is 2.38 bits per heavy atom. The SMILES string of the molecule is O=C(C1CC2CCC1C2)N1CCC(Cl)CC1. The van der Waals surface area contributed by atoms with Crippen LogP contribution in [0.2, 0.25) is 0 Å². The van der Waals surface area contributed by atoms with Gasteiger partial charge in [-0.1, -0.05) is 6.42 Å². The van der Waals surface area contributed by atoms with Crippen molar-refractivity contribution in [1.82, 2.24) is 4.90 Å². The summed E-state index contributed by atoms with van der Waals surface area (Å²) in [5.41, 5.74) is 0. The second kappa shape index (κ2) is 4.21. The van der Waals surface area contributed by atoms with E-state index in [2.05, 4.69) is 4.90 Å². The summed E-state index contributed by atoms with van der Waals surface area (Å²) in [5, 5.41) is 0.295. The van der Waals surface area contributed by atoms with Crippen LogP contribution in [0.15, 0.2) is 0 Å². The van der Waals surface area contributed by atoms with Gasteiger partial charge in [0.25, 0.3) is 0 Å². The molecule has 1 heterocycles. The number of fused-ring (bicyclic) bond motifs is 2. The van der Waals surface area contributed by atoms with Crippen molar-refractivity contribution < 1.29 is 4.79 Å². The molecule has 2 saturated carbocycles. The molecule has 0 spiro atoms. The van der Waals surface area contributed by atoms with E-state index in [0.29, 0.717) is 23.1 Å². The van der Waals surface area contributed by atoms with E-state index in [1.54, 1.807) is 0 Å². The fraction of sp³-hybridized carbons (Fsp3) is 0.923. The van der Waals surface area contributed by atoms with Gasteiger partial charge in [-0.25, -0.2) is 0 Å². The molecule has 0 N–H and O–H groups in total. The van der Waals surface area contributed by atoms with Crippen LogP contribution in [0.5, 0.6) is 0 Å². The molecule has 0 radical (unpaired) electrons. The maximum absolute atomic E-state index is 12.4. The van der Waals surface area contributed by atoms with Gasteiger partial charge in [0.15, 0.2) is 0 Å². The molecule has 1 saturated heterocycles. The third-order valence-corrected chi connectivity index (χ3v) is 5.23. The molecule has 1 aliphatic heterocycles. The highest BCUT2D eigenvalue weighted by Gasteiger charge is 2.44. The van der Waals surface area contributed by atoms with Gasteiger partial charge in [0.1, 0.15) is 0 Å². The third kappa shape index (κ3) is 1.85. The summed E-state index contributed by atoms with van der Waals surface area (Å²) in [6, 6.07) is 0. The summed E-state index contributed by atoms with van der Waals surface area (Å²) in [5.74, 6) is 2.39. The minimum absolute atomic E-state index is 0.295. The Hall–Kier alpha value is -0.240. The van der Waals surface area contributed by atoms with Gasteiger partial charge in [-0.2, -0.15) is 0 Å². The quantitative estimate of drug-likeness (QED) is 0.647. The summed E-state index contributed by atoms with van der Waals surface area (Å²) in [7, 11) is 0. The Morgan fingerprint density at radius 2 is 1.81 bits per heavy atom. The summed E-state index contributed by atoms with van der Waals surface area (Å²) in [6.07, 6.45) is 7.13. The number of piperidine rings is 1. The lowest BCUT2D eigenvalue weighted by molar-refractivity contribution is -0.138. The van der Waals surface area contributed by atoms with E-state index in [-0.39, 0.29) is 0 Å². The molecule has 3 atom stereocenters. The van der Waals surface area contributed by atoms with Crippen molar-refractivity contribution in [2.24, 2.45) is 17.8 Å². The van der Waals surface area contributed by atoms with Crippen LogP contribution in [0.3, 0.4) is 0 Å². The van der Waals surface area contributed by atoms with Crippen molar-refractivity contribution in [2.45, 2.75) is 43.9 Å². The first-order valence-electron chi connectivity index (χ1n) is 6.67. The summed E-state index contributed by atoms with van der Waals surface area (Å²) in [6.45, 7) is 1.78. The Kier molecular flexibility index (Phi) is 2.87. The molecule has 90 valence electrons. The minimum atomic E-state index is 0.295. The van der Waals surface area contributed by atoms with E-state index in [4.69, 9.17) is 11.6 Å². The lowest BCUT2D eigenvalue weighted by Gasteiger charge is -2.33. The monoisotopic (exact) mass is 241 g/mol. The Labute approximate surface area is 102 Å². The summed E-state index contributed by atoms with van der Waals surface area (Å²) < 4.78 is 0. The normalized spacial score (nSPS) is 39.3. The van der Waals surface area contributed by atoms with E-state index in [1.807, 2.05) is 0 Å². The van der Waals surface area contributed by atoms with E-state index < -0.39 is 0 Å². The van der Waals surface area contributed by atoms with Crippen molar-refractivity contribution in [3.05, 3.63) is 0 Å². The number of nitrogens with zero attached hydrogens (tertiary/aromatic N) is 1. The van der Waals surface area contributed by atoms with Gasteiger partial charge in [-0.3, -0.25) is 4.79 Å². The molecule has 3 aliphatic rings. The molecule has 1 amide bonds. The van der Waals surface area contributed by atoms with E-state index in [1.165, 1.54) is 25.7 Å². The first kappa shape index (κ1) is 10.9. The van der Waals surface area contributed by atoms with Gasteiger partial charge < -0.3 is 4.90 Å². The number of hydrogen-bond acceptors (Lipinski definition) is 1. The summed E-state index contributed by atoms with van der Waals surface area (Å²) in [4.78, 5) is 14.5. The number of amides is 1. The zero-order valence-corrected chi connectivity index (χ0v) is 10.5. The lowest BCUT2D eigenvalue weighted by atomic mass is 9.87. The average molecular weight is 242 g/mol. The maximum atomic E-state index is 12.4. The van der Waals surface area contributed by atoms with Crippen molar-refractivity contribution in [3.63, 3.8) is 0 Å². The standard InChI is InChI=1S/C13H20ClNO/c14-11-3-5-15(6-4-11)13(16)12-8-9-1-2-10(12)7-9/h9-12H,1-8H2. The predicted octanol–water partition coefficient (Wildman–Crippen LogP) is 2.65. The smallest absolute Gasteiger partial charge is 0.225 e. The van der Waals surface area contributed by atoms with E-state index >= 15 is 0 Å². The molecule has 3 unspecified atom stereocenters. The highest BCUT2D eigenvalue weighted by molar-refractivity contribution is 6.20. The Morgan fingerprint density at radius 1 is 1.06 bits per heavy atom. The maximum Gasteiger partial charge on any atom is 0.225 e. The van der Waals surface area contributed by atoms with Crippen LogP contribution in [0, 0.1) is 17.8 Å². The topological polar surface area (TPSA) is 20.3 Å². The zero-order valence-electron chi connectivity index (χ0n) is 9.70. The highest BCUT2D eigenvalue weighted by atomic mass is 35.5. The second-order valence-electron chi connectivity index (χ2n) is 5.78. The van der Waals surface area contributed by atoms with Crippen molar-refractivity contribution >= 4 is 17.5 Å². The molecule has 0 aromatic carbocycles. The fourth-order valence-corrected chi connectivity index (χ4v) is 4.05. The largest absolute Gasteiger partial charge is 0.342 e. The van der Waals surface area contributed by atoms with Crippen molar-refractivity contribution in [1.29, 1.82) is 0 Å².